The second-order valence-corrected chi connectivity index (χ2v) is 4.77. The molecule has 1 N–H and O–H groups in total. The van der Waals surface area contributed by atoms with Crippen LogP contribution < -0.4 is 10.1 Å². The first-order valence-electron chi connectivity index (χ1n) is 6.91. The van der Waals surface area contributed by atoms with E-state index in [1.807, 2.05) is 37.3 Å². The van der Waals surface area contributed by atoms with E-state index in [1.165, 1.54) is 6.07 Å². The average molecular weight is 273 g/mol. The molecule has 106 valence electrons. The number of para-hydroxylation sites is 2. The second kappa shape index (κ2) is 6.94. The van der Waals surface area contributed by atoms with Crippen molar-refractivity contribution in [1.82, 2.24) is 0 Å². The van der Waals surface area contributed by atoms with Gasteiger partial charge in [0.2, 0.25) is 0 Å². The van der Waals surface area contributed by atoms with Gasteiger partial charge < -0.3 is 10.1 Å². The average Bonchev–Trinajstić information content (AvgIpc) is 2.45. The fourth-order valence-corrected chi connectivity index (χ4v) is 2.00. The Labute approximate surface area is 119 Å². The molecule has 2 rings (SSSR count). The Morgan fingerprint density at radius 2 is 1.95 bits per heavy atom. The van der Waals surface area contributed by atoms with Gasteiger partial charge in [0.15, 0.2) is 0 Å². The van der Waals surface area contributed by atoms with Crippen LogP contribution in [-0.4, -0.2) is 6.61 Å². The Morgan fingerprint density at radius 1 is 1.15 bits per heavy atom. The molecular weight excluding hydrogens is 253 g/mol. The molecule has 0 aliphatic carbocycles. The van der Waals surface area contributed by atoms with Crippen molar-refractivity contribution in [2.75, 3.05) is 11.9 Å². The van der Waals surface area contributed by atoms with Crippen molar-refractivity contribution in [3.05, 3.63) is 59.4 Å². The standard InChI is InChI=1S/C17H20FNO/c1-3-10-20-17-7-5-4-6-16(17)19-12-14-8-9-15(18)11-13(14)2/h4-9,11,19H,3,10,12H2,1-2H3. The van der Waals surface area contributed by atoms with Crippen LogP contribution in [-0.2, 0) is 6.54 Å². The van der Waals surface area contributed by atoms with Crippen molar-refractivity contribution in [1.29, 1.82) is 0 Å². The monoisotopic (exact) mass is 273 g/mol. The van der Waals surface area contributed by atoms with Gasteiger partial charge in [-0.1, -0.05) is 25.1 Å². The Bertz CT molecular complexity index is 569. The van der Waals surface area contributed by atoms with Crippen molar-refractivity contribution >= 4 is 5.69 Å². The zero-order valence-corrected chi connectivity index (χ0v) is 11.9. The van der Waals surface area contributed by atoms with E-state index in [-0.39, 0.29) is 5.82 Å². The van der Waals surface area contributed by atoms with Gasteiger partial charge in [-0.15, -0.1) is 0 Å². The third-order valence-corrected chi connectivity index (χ3v) is 3.12. The number of nitrogens with one attached hydrogen (secondary N) is 1. The van der Waals surface area contributed by atoms with E-state index in [2.05, 4.69) is 12.2 Å². The van der Waals surface area contributed by atoms with E-state index < -0.39 is 0 Å². The lowest BCUT2D eigenvalue weighted by atomic mass is 10.1. The molecule has 0 saturated carbocycles. The zero-order valence-electron chi connectivity index (χ0n) is 11.9. The summed E-state index contributed by atoms with van der Waals surface area (Å²) in [6.07, 6.45) is 0.978. The van der Waals surface area contributed by atoms with Gasteiger partial charge in [-0.05, 0) is 48.7 Å². The highest BCUT2D eigenvalue weighted by atomic mass is 19.1. The molecule has 0 saturated heterocycles. The molecule has 0 aliphatic rings. The first kappa shape index (κ1) is 14.4. The minimum absolute atomic E-state index is 0.196. The van der Waals surface area contributed by atoms with E-state index in [4.69, 9.17) is 4.74 Å². The molecule has 0 fully saturated rings. The summed E-state index contributed by atoms with van der Waals surface area (Å²) in [6.45, 7) is 5.35. The van der Waals surface area contributed by atoms with Crippen molar-refractivity contribution in [3.8, 4) is 5.75 Å². The Kier molecular flexibility index (Phi) is 4.99. The summed E-state index contributed by atoms with van der Waals surface area (Å²) in [5, 5.41) is 3.35. The molecule has 0 atom stereocenters. The number of aryl methyl sites for hydroxylation is 1. The molecule has 20 heavy (non-hydrogen) atoms. The normalized spacial score (nSPS) is 10.3. The summed E-state index contributed by atoms with van der Waals surface area (Å²) in [4.78, 5) is 0. The molecule has 0 amide bonds. The quantitative estimate of drug-likeness (QED) is 0.834. The number of rotatable bonds is 6. The minimum Gasteiger partial charge on any atom is -0.491 e. The number of hydrogen-bond acceptors (Lipinski definition) is 2. The van der Waals surface area contributed by atoms with Crippen molar-refractivity contribution < 1.29 is 9.13 Å². The summed E-state index contributed by atoms with van der Waals surface area (Å²) in [6, 6.07) is 12.7. The van der Waals surface area contributed by atoms with E-state index in [0.29, 0.717) is 13.2 Å². The van der Waals surface area contributed by atoms with Crippen LogP contribution in [0.15, 0.2) is 42.5 Å². The lowest BCUT2D eigenvalue weighted by Gasteiger charge is -2.13. The zero-order chi connectivity index (χ0) is 14.4. The molecular formula is C17H20FNO. The fourth-order valence-electron chi connectivity index (χ4n) is 2.00. The molecule has 0 heterocycles. The first-order valence-corrected chi connectivity index (χ1v) is 6.91. The lowest BCUT2D eigenvalue weighted by molar-refractivity contribution is 0.319. The molecule has 0 bridgehead atoms. The number of ether oxygens (including phenoxy) is 1. The highest BCUT2D eigenvalue weighted by Crippen LogP contribution is 2.25. The molecule has 0 aliphatic heterocycles. The number of hydrogen-bond donors (Lipinski definition) is 1. The highest BCUT2D eigenvalue weighted by Gasteiger charge is 2.04. The van der Waals surface area contributed by atoms with E-state index in [1.54, 1.807) is 6.07 Å². The lowest BCUT2D eigenvalue weighted by Crippen LogP contribution is -2.04. The molecule has 0 aromatic heterocycles. The topological polar surface area (TPSA) is 21.3 Å². The van der Waals surface area contributed by atoms with Crippen molar-refractivity contribution in [2.24, 2.45) is 0 Å². The first-order chi connectivity index (χ1) is 9.70. The predicted octanol–water partition coefficient (Wildman–Crippen LogP) is 4.54. The molecule has 2 aromatic rings. The molecule has 2 nitrogen and oxygen atoms in total. The SMILES string of the molecule is CCCOc1ccccc1NCc1ccc(F)cc1C. The molecule has 2 aromatic carbocycles. The third kappa shape index (κ3) is 3.73. The predicted molar refractivity (Wildman–Crippen MR) is 80.7 cm³/mol. The van der Waals surface area contributed by atoms with Crippen LogP contribution in [0.4, 0.5) is 10.1 Å². The van der Waals surface area contributed by atoms with Gasteiger partial charge in [-0.25, -0.2) is 4.39 Å². The van der Waals surface area contributed by atoms with Gasteiger partial charge in [0.05, 0.1) is 12.3 Å². The summed E-state index contributed by atoms with van der Waals surface area (Å²) in [5.74, 6) is 0.659. The van der Waals surface area contributed by atoms with E-state index in [9.17, 15) is 4.39 Å². The number of benzene rings is 2. The molecule has 3 heteroatoms. The van der Waals surface area contributed by atoms with Crippen LogP contribution >= 0.6 is 0 Å². The Morgan fingerprint density at radius 3 is 2.70 bits per heavy atom. The maximum atomic E-state index is 13.1. The van der Waals surface area contributed by atoms with Crippen LogP contribution in [0, 0.1) is 12.7 Å². The summed E-state index contributed by atoms with van der Waals surface area (Å²) < 4.78 is 18.8. The van der Waals surface area contributed by atoms with Gasteiger partial charge in [-0.2, -0.15) is 0 Å². The Hall–Kier alpha value is -2.03. The van der Waals surface area contributed by atoms with Crippen LogP contribution in [0.5, 0.6) is 5.75 Å². The highest BCUT2D eigenvalue weighted by molar-refractivity contribution is 5.56. The largest absolute Gasteiger partial charge is 0.491 e. The third-order valence-electron chi connectivity index (χ3n) is 3.12. The van der Waals surface area contributed by atoms with Gasteiger partial charge >= 0.3 is 0 Å². The van der Waals surface area contributed by atoms with Gasteiger partial charge in [-0.3, -0.25) is 0 Å². The van der Waals surface area contributed by atoms with Crippen molar-refractivity contribution in [2.45, 2.75) is 26.8 Å². The fraction of sp³-hybridized carbons (Fsp3) is 0.294. The van der Waals surface area contributed by atoms with Crippen LogP contribution in [0.2, 0.25) is 0 Å². The molecule has 0 radical (unpaired) electrons. The van der Waals surface area contributed by atoms with Crippen LogP contribution in [0.3, 0.4) is 0 Å². The van der Waals surface area contributed by atoms with E-state index >= 15 is 0 Å². The second-order valence-electron chi connectivity index (χ2n) is 4.77. The smallest absolute Gasteiger partial charge is 0.142 e. The molecule has 0 spiro atoms. The maximum Gasteiger partial charge on any atom is 0.142 e. The molecule has 0 unspecified atom stereocenters. The number of halogens is 1. The maximum absolute atomic E-state index is 13.1. The van der Waals surface area contributed by atoms with Crippen molar-refractivity contribution in [3.63, 3.8) is 0 Å². The summed E-state index contributed by atoms with van der Waals surface area (Å²) >= 11 is 0. The number of anilines is 1. The minimum atomic E-state index is -0.196. The van der Waals surface area contributed by atoms with Gasteiger partial charge in [0, 0.05) is 6.54 Å². The summed E-state index contributed by atoms with van der Waals surface area (Å²) in [5.41, 5.74) is 2.99. The van der Waals surface area contributed by atoms with E-state index in [0.717, 1.165) is 29.0 Å². The summed E-state index contributed by atoms with van der Waals surface area (Å²) in [7, 11) is 0. The Balaban J connectivity index is 2.06. The van der Waals surface area contributed by atoms with Gasteiger partial charge in [0.1, 0.15) is 11.6 Å². The van der Waals surface area contributed by atoms with Crippen LogP contribution in [0.25, 0.3) is 0 Å². The van der Waals surface area contributed by atoms with Gasteiger partial charge in [0.25, 0.3) is 0 Å². The van der Waals surface area contributed by atoms with Crippen LogP contribution in [0.1, 0.15) is 24.5 Å².